The van der Waals surface area contributed by atoms with E-state index in [1.54, 1.807) is 11.3 Å². The molecule has 1 aliphatic rings. The first-order valence-electron chi connectivity index (χ1n) is 5.76. The van der Waals surface area contributed by atoms with Crippen molar-refractivity contribution in [1.29, 1.82) is 0 Å². The van der Waals surface area contributed by atoms with Crippen molar-refractivity contribution in [2.75, 3.05) is 6.54 Å². The van der Waals surface area contributed by atoms with Gasteiger partial charge in [0.15, 0.2) is 0 Å². The van der Waals surface area contributed by atoms with Gasteiger partial charge < -0.3 is 5.32 Å². The fraction of sp³-hybridized carbons (Fsp3) is 0.417. The number of rotatable bonds is 2. The number of nitrogens with zero attached hydrogens (tertiary/aromatic N) is 2. The molecule has 2 aromatic heterocycles. The van der Waals surface area contributed by atoms with Gasteiger partial charge in [0.1, 0.15) is 0 Å². The van der Waals surface area contributed by atoms with Crippen LogP contribution >= 0.6 is 22.9 Å². The Kier molecular flexibility index (Phi) is 2.94. The minimum atomic E-state index is 0.395. The zero-order valence-electron chi connectivity index (χ0n) is 9.61. The first-order valence-corrected chi connectivity index (χ1v) is 6.96. The standard InChI is InChI=1S/C12H14ClN3S/c1-16-7-8(10-4-5-11(13)17-10)12(15-16)9-3-2-6-14-9/h4-5,7,9,14H,2-3,6H2,1H3. The van der Waals surface area contributed by atoms with Gasteiger partial charge in [-0.2, -0.15) is 5.10 Å². The lowest BCUT2D eigenvalue weighted by atomic mass is 10.1. The van der Waals surface area contributed by atoms with Crippen LogP contribution in [-0.4, -0.2) is 16.3 Å². The van der Waals surface area contributed by atoms with Crippen molar-refractivity contribution in [2.45, 2.75) is 18.9 Å². The molecule has 1 unspecified atom stereocenters. The zero-order valence-corrected chi connectivity index (χ0v) is 11.2. The highest BCUT2D eigenvalue weighted by atomic mass is 35.5. The predicted octanol–water partition coefficient (Wildman–Crippen LogP) is 3.23. The first kappa shape index (κ1) is 11.3. The lowest BCUT2D eigenvalue weighted by Gasteiger charge is -2.08. The van der Waals surface area contributed by atoms with Crippen molar-refractivity contribution in [3.8, 4) is 10.4 Å². The number of hydrogen-bond acceptors (Lipinski definition) is 3. The summed E-state index contributed by atoms with van der Waals surface area (Å²) in [6.45, 7) is 1.09. The average molecular weight is 268 g/mol. The maximum atomic E-state index is 6.00. The molecular formula is C12H14ClN3S. The Morgan fingerprint density at radius 1 is 1.53 bits per heavy atom. The normalized spacial score (nSPS) is 20.0. The molecule has 1 N–H and O–H groups in total. The number of aromatic nitrogens is 2. The fourth-order valence-electron chi connectivity index (χ4n) is 2.33. The Morgan fingerprint density at radius 3 is 3.06 bits per heavy atom. The summed E-state index contributed by atoms with van der Waals surface area (Å²) < 4.78 is 2.72. The van der Waals surface area contributed by atoms with Gasteiger partial charge in [0.05, 0.1) is 16.1 Å². The van der Waals surface area contributed by atoms with Crippen molar-refractivity contribution in [2.24, 2.45) is 7.05 Å². The lowest BCUT2D eigenvalue weighted by molar-refractivity contribution is 0.608. The number of halogens is 1. The summed E-state index contributed by atoms with van der Waals surface area (Å²) in [5.74, 6) is 0. The van der Waals surface area contributed by atoms with Gasteiger partial charge in [-0.3, -0.25) is 4.68 Å². The molecule has 1 atom stereocenters. The molecule has 5 heteroatoms. The molecule has 3 nitrogen and oxygen atoms in total. The summed E-state index contributed by atoms with van der Waals surface area (Å²) in [6.07, 6.45) is 4.48. The average Bonchev–Trinajstić information content (AvgIpc) is 2.96. The highest BCUT2D eigenvalue weighted by molar-refractivity contribution is 7.19. The quantitative estimate of drug-likeness (QED) is 0.905. The van der Waals surface area contributed by atoms with E-state index >= 15 is 0 Å². The van der Waals surface area contributed by atoms with Crippen LogP contribution in [0, 0.1) is 0 Å². The molecule has 0 spiro atoms. The molecule has 0 aliphatic carbocycles. The second kappa shape index (κ2) is 4.44. The highest BCUT2D eigenvalue weighted by Gasteiger charge is 2.23. The molecule has 0 saturated carbocycles. The summed E-state index contributed by atoms with van der Waals surface area (Å²) in [4.78, 5) is 1.20. The second-order valence-corrected chi connectivity index (χ2v) is 6.07. The van der Waals surface area contributed by atoms with Gasteiger partial charge in [0.25, 0.3) is 0 Å². The third-order valence-corrected chi connectivity index (χ3v) is 4.35. The zero-order chi connectivity index (χ0) is 11.8. The predicted molar refractivity (Wildman–Crippen MR) is 71.5 cm³/mol. The number of thiophene rings is 1. The van der Waals surface area contributed by atoms with E-state index in [0.717, 1.165) is 16.6 Å². The smallest absolute Gasteiger partial charge is 0.0934 e. The molecule has 90 valence electrons. The van der Waals surface area contributed by atoms with Crippen molar-refractivity contribution in [3.63, 3.8) is 0 Å². The Labute approximate surface area is 109 Å². The van der Waals surface area contributed by atoms with E-state index in [-0.39, 0.29) is 0 Å². The summed E-state index contributed by atoms with van der Waals surface area (Å²) in [6, 6.07) is 4.41. The Morgan fingerprint density at radius 2 is 2.41 bits per heavy atom. The van der Waals surface area contributed by atoms with Crippen molar-refractivity contribution >= 4 is 22.9 Å². The van der Waals surface area contributed by atoms with Crippen LogP contribution in [0.25, 0.3) is 10.4 Å². The van der Waals surface area contributed by atoms with E-state index in [0.29, 0.717) is 6.04 Å². The summed E-state index contributed by atoms with van der Waals surface area (Å²) in [5, 5.41) is 8.10. The summed E-state index contributed by atoms with van der Waals surface area (Å²) >= 11 is 7.62. The Hall–Kier alpha value is -0.840. The minimum absolute atomic E-state index is 0.395. The van der Waals surface area contributed by atoms with Gasteiger partial charge in [-0.15, -0.1) is 11.3 Å². The molecule has 3 heterocycles. The molecule has 17 heavy (non-hydrogen) atoms. The first-order chi connectivity index (χ1) is 8.24. The maximum absolute atomic E-state index is 6.00. The van der Waals surface area contributed by atoms with Crippen molar-refractivity contribution < 1.29 is 0 Å². The van der Waals surface area contributed by atoms with Crippen LogP contribution in [0.4, 0.5) is 0 Å². The van der Waals surface area contributed by atoms with Crippen molar-refractivity contribution in [1.82, 2.24) is 15.1 Å². The third kappa shape index (κ3) is 2.12. The molecule has 1 aliphatic heterocycles. The third-order valence-electron chi connectivity index (χ3n) is 3.09. The number of hydrogen-bond donors (Lipinski definition) is 1. The summed E-state index contributed by atoms with van der Waals surface area (Å²) in [7, 11) is 1.97. The molecule has 1 fully saturated rings. The van der Waals surface area contributed by atoms with Crippen LogP contribution in [0.3, 0.4) is 0 Å². The summed E-state index contributed by atoms with van der Waals surface area (Å²) in [5.41, 5.74) is 2.37. The lowest BCUT2D eigenvalue weighted by Crippen LogP contribution is -2.14. The topological polar surface area (TPSA) is 29.9 Å². The van der Waals surface area contributed by atoms with Gasteiger partial charge in [-0.05, 0) is 31.5 Å². The van der Waals surface area contributed by atoms with E-state index in [2.05, 4.69) is 22.7 Å². The van der Waals surface area contributed by atoms with Crippen molar-refractivity contribution in [3.05, 3.63) is 28.4 Å². The molecule has 1 saturated heterocycles. The van der Waals surface area contributed by atoms with Crippen LogP contribution in [0.15, 0.2) is 18.3 Å². The monoisotopic (exact) mass is 267 g/mol. The van der Waals surface area contributed by atoms with E-state index < -0.39 is 0 Å². The number of aryl methyl sites for hydroxylation is 1. The molecule has 2 aromatic rings. The maximum Gasteiger partial charge on any atom is 0.0934 e. The van der Waals surface area contributed by atoms with Crippen LogP contribution in [0.1, 0.15) is 24.6 Å². The van der Waals surface area contributed by atoms with Crippen LogP contribution in [0.2, 0.25) is 4.34 Å². The molecule has 3 rings (SSSR count). The van der Waals surface area contributed by atoms with E-state index in [1.165, 1.54) is 23.3 Å². The minimum Gasteiger partial charge on any atom is -0.309 e. The molecule has 0 aromatic carbocycles. The molecule has 0 amide bonds. The van der Waals surface area contributed by atoms with Gasteiger partial charge in [0.2, 0.25) is 0 Å². The van der Waals surface area contributed by atoms with Crippen LogP contribution in [0.5, 0.6) is 0 Å². The van der Waals surface area contributed by atoms with Crippen LogP contribution in [-0.2, 0) is 7.05 Å². The molecular weight excluding hydrogens is 254 g/mol. The largest absolute Gasteiger partial charge is 0.309 e. The Balaban J connectivity index is 2.03. The van der Waals surface area contributed by atoms with Gasteiger partial charge >= 0.3 is 0 Å². The highest BCUT2D eigenvalue weighted by Crippen LogP contribution is 2.36. The SMILES string of the molecule is Cn1cc(-c2ccc(Cl)s2)c(C2CCCN2)n1. The van der Waals surface area contributed by atoms with Crippen LogP contribution < -0.4 is 5.32 Å². The van der Waals surface area contributed by atoms with Gasteiger partial charge in [-0.1, -0.05) is 11.6 Å². The fourth-order valence-corrected chi connectivity index (χ4v) is 3.39. The van der Waals surface area contributed by atoms with E-state index in [1.807, 2.05) is 17.8 Å². The molecule has 0 bridgehead atoms. The number of nitrogens with one attached hydrogen (secondary N) is 1. The van der Waals surface area contributed by atoms with Gasteiger partial charge in [0, 0.05) is 23.7 Å². The Bertz CT molecular complexity index is 526. The van der Waals surface area contributed by atoms with Gasteiger partial charge in [-0.25, -0.2) is 0 Å². The molecule has 0 radical (unpaired) electrons. The van der Waals surface area contributed by atoms with E-state index in [4.69, 9.17) is 11.6 Å². The van der Waals surface area contributed by atoms with E-state index in [9.17, 15) is 0 Å². The second-order valence-electron chi connectivity index (χ2n) is 4.35.